The van der Waals surface area contributed by atoms with E-state index in [9.17, 15) is 0 Å². The Morgan fingerprint density at radius 3 is 3.11 bits per heavy atom. The van der Waals surface area contributed by atoms with Crippen molar-refractivity contribution in [2.75, 3.05) is 29.5 Å². The fourth-order valence-electron chi connectivity index (χ4n) is 1.83. The summed E-state index contributed by atoms with van der Waals surface area (Å²) in [6.45, 7) is 3.91. The van der Waals surface area contributed by atoms with E-state index in [1.165, 1.54) is 18.6 Å². The first-order valence-electron chi connectivity index (χ1n) is 6.41. The Labute approximate surface area is 117 Å². The molecule has 1 aromatic heterocycles. The molecule has 18 heavy (non-hydrogen) atoms. The second-order valence-electron chi connectivity index (χ2n) is 4.33. The maximum absolute atomic E-state index is 6.09. The number of hydrogen-bond donors (Lipinski definition) is 2. The lowest BCUT2D eigenvalue weighted by atomic mass is 10.2. The van der Waals surface area contributed by atoms with Gasteiger partial charge in [0.2, 0.25) is 5.95 Å². The van der Waals surface area contributed by atoms with Gasteiger partial charge in [0.1, 0.15) is 5.02 Å². The molecule has 0 aromatic carbocycles. The van der Waals surface area contributed by atoms with Crippen LogP contribution in [0.3, 0.4) is 0 Å². The Bertz CT molecular complexity index is 382. The van der Waals surface area contributed by atoms with Gasteiger partial charge >= 0.3 is 0 Å². The van der Waals surface area contributed by atoms with Gasteiger partial charge in [-0.15, -0.1) is 0 Å². The molecule has 1 aromatic rings. The van der Waals surface area contributed by atoms with Crippen LogP contribution in [0.2, 0.25) is 5.02 Å². The minimum absolute atomic E-state index is 0.583. The van der Waals surface area contributed by atoms with Gasteiger partial charge in [0.05, 0.1) is 6.20 Å². The number of halogens is 1. The summed E-state index contributed by atoms with van der Waals surface area (Å²) in [5.74, 6) is 2.65. The third-order valence-electron chi connectivity index (χ3n) is 2.80. The van der Waals surface area contributed by atoms with Crippen molar-refractivity contribution in [1.82, 2.24) is 9.97 Å². The molecule has 0 saturated carbocycles. The molecule has 0 bridgehead atoms. The van der Waals surface area contributed by atoms with Crippen LogP contribution in [0.4, 0.5) is 11.8 Å². The Hall–Kier alpha value is -0.680. The van der Waals surface area contributed by atoms with E-state index in [1.54, 1.807) is 6.20 Å². The van der Waals surface area contributed by atoms with Crippen LogP contribution in [-0.4, -0.2) is 34.1 Å². The summed E-state index contributed by atoms with van der Waals surface area (Å²) in [4.78, 5) is 8.55. The summed E-state index contributed by atoms with van der Waals surface area (Å²) in [5, 5.41) is 7.76. The number of nitrogens with zero attached hydrogens (tertiary/aromatic N) is 2. The highest BCUT2D eigenvalue weighted by molar-refractivity contribution is 8.00. The lowest BCUT2D eigenvalue weighted by Crippen LogP contribution is -2.15. The van der Waals surface area contributed by atoms with Gasteiger partial charge in [-0.3, -0.25) is 0 Å². The number of anilines is 2. The molecule has 1 saturated heterocycles. The van der Waals surface area contributed by atoms with E-state index in [1.807, 2.05) is 11.8 Å². The van der Waals surface area contributed by atoms with Gasteiger partial charge in [-0.25, -0.2) is 4.98 Å². The molecule has 1 atom stereocenters. The van der Waals surface area contributed by atoms with Crippen LogP contribution in [0.1, 0.15) is 26.2 Å². The predicted octanol–water partition coefficient (Wildman–Crippen LogP) is 3.26. The zero-order chi connectivity index (χ0) is 12.8. The van der Waals surface area contributed by atoms with E-state index in [4.69, 9.17) is 11.6 Å². The number of nitrogens with one attached hydrogen (secondary N) is 2. The summed E-state index contributed by atoms with van der Waals surface area (Å²) < 4.78 is 0. The molecule has 0 aliphatic carbocycles. The molecule has 0 radical (unpaired) electrons. The van der Waals surface area contributed by atoms with Crippen LogP contribution >= 0.6 is 23.4 Å². The minimum atomic E-state index is 0.583. The zero-order valence-electron chi connectivity index (χ0n) is 10.6. The SMILES string of the molecule is CCCNc1ncc(Cl)c(NCC2CCCS2)n1. The van der Waals surface area contributed by atoms with Gasteiger partial charge in [0.15, 0.2) is 5.82 Å². The van der Waals surface area contributed by atoms with E-state index in [0.717, 1.165) is 25.3 Å². The lowest BCUT2D eigenvalue weighted by molar-refractivity contribution is 0.803. The fraction of sp³-hybridized carbons (Fsp3) is 0.667. The van der Waals surface area contributed by atoms with Crippen molar-refractivity contribution in [3.8, 4) is 0 Å². The molecular formula is C12H19ClN4S. The first kappa shape index (κ1) is 13.7. The molecule has 0 amide bonds. The highest BCUT2D eigenvalue weighted by Gasteiger charge is 2.16. The Kier molecular flexibility index (Phi) is 5.38. The second kappa shape index (κ2) is 7.04. The molecule has 0 spiro atoms. The average molecular weight is 287 g/mol. The van der Waals surface area contributed by atoms with Crippen LogP contribution in [0.5, 0.6) is 0 Å². The van der Waals surface area contributed by atoms with Gasteiger partial charge in [-0.05, 0) is 25.0 Å². The molecule has 2 heterocycles. The molecule has 4 nitrogen and oxygen atoms in total. The van der Waals surface area contributed by atoms with E-state index in [0.29, 0.717) is 16.2 Å². The minimum Gasteiger partial charge on any atom is -0.368 e. The number of hydrogen-bond acceptors (Lipinski definition) is 5. The lowest BCUT2D eigenvalue weighted by Gasteiger charge is -2.12. The van der Waals surface area contributed by atoms with Crippen LogP contribution < -0.4 is 10.6 Å². The Morgan fingerprint density at radius 2 is 2.39 bits per heavy atom. The molecule has 6 heteroatoms. The topological polar surface area (TPSA) is 49.8 Å². The maximum Gasteiger partial charge on any atom is 0.224 e. The smallest absolute Gasteiger partial charge is 0.224 e. The quantitative estimate of drug-likeness (QED) is 0.841. The number of thioether (sulfide) groups is 1. The summed E-state index contributed by atoms with van der Waals surface area (Å²) in [5.41, 5.74) is 0. The summed E-state index contributed by atoms with van der Waals surface area (Å²) in [6, 6.07) is 0. The van der Waals surface area contributed by atoms with Gasteiger partial charge in [0, 0.05) is 18.3 Å². The van der Waals surface area contributed by atoms with Gasteiger partial charge in [-0.2, -0.15) is 16.7 Å². The average Bonchev–Trinajstić information content (AvgIpc) is 2.89. The molecule has 1 aliphatic heterocycles. The second-order valence-corrected chi connectivity index (χ2v) is 6.15. The summed E-state index contributed by atoms with van der Waals surface area (Å²) in [7, 11) is 0. The predicted molar refractivity (Wildman–Crippen MR) is 79.8 cm³/mol. The van der Waals surface area contributed by atoms with Crippen molar-refractivity contribution in [1.29, 1.82) is 0 Å². The van der Waals surface area contributed by atoms with Gasteiger partial charge < -0.3 is 10.6 Å². The van der Waals surface area contributed by atoms with Crippen LogP contribution in [-0.2, 0) is 0 Å². The summed E-state index contributed by atoms with van der Waals surface area (Å²) in [6.07, 6.45) is 5.29. The number of aromatic nitrogens is 2. The highest BCUT2D eigenvalue weighted by Crippen LogP contribution is 2.27. The molecule has 100 valence electrons. The molecular weight excluding hydrogens is 268 g/mol. The number of rotatable bonds is 6. The van der Waals surface area contributed by atoms with E-state index in [2.05, 4.69) is 27.5 Å². The van der Waals surface area contributed by atoms with Crippen molar-refractivity contribution < 1.29 is 0 Å². The monoisotopic (exact) mass is 286 g/mol. The molecule has 1 fully saturated rings. The normalized spacial score (nSPS) is 18.9. The Balaban J connectivity index is 1.92. The van der Waals surface area contributed by atoms with Crippen molar-refractivity contribution in [3.05, 3.63) is 11.2 Å². The van der Waals surface area contributed by atoms with Crippen molar-refractivity contribution >= 4 is 35.1 Å². The third-order valence-corrected chi connectivity index (χ3v) is 4.47. The first-order chi connectivity index (χ1) is 8.79. The van der Waals surface area contributed by atoms with Crippen LogP contribution in [0, 0.1) is 0 Å². The van der Waals surface area contributed by atoms with Crippen molar-refractivity contribution in [2.24, 2.45) is 0 Å². The van der Waals surface area contributed by atoms with E-state index >= 15 is 0 Å². The molecule has 2 rings (SSSR count). The van der Waals surface area contributed by atoms with Gasteiger partial charge in [-0.1, -0.05) is 18.5 Å². The van der Waals surface area contributed by atoms with Crippen LogP contribution in [0.25, 0.3) is 0 Å². The fourth-order valence-corrected chi connectivity index (χ4v) is 3.19. The van der Waals surface area contributed by atoms with Crippen LogP contribution in [0.15, 0.2) is 6.20 Å². The zero-order valence-corrected chi connectivity index (χ0v) is 12.2. The first-order valence-corrected chi connectivity index (χ1v) is 7.84. The van der Waals surface area contributed by atoms with Gasteiger partial charge in [0.25, 0.3) is 0 Å². The van der Waals surface area contributed by atoms with Crippen molar-refractivity contribution in [3.63, 3.8) is 0 Å². The maximum atomic E-state index is 6.09. The molecule has 1 aliphatic rings. The standard InChI is InChI=1S/C12H19ClN4S/c1-2-5-14-12-16-8-10(13)11(17-12)15-7-9-4-3-6-18-9/h8-9H,2-7H2,1H3,(H2,14,15,16,17). The van der Waals surface area contributed by atoms with E-state index < -0.39 is 0 Å². The molecule has 2 N–H and O–H groups in total. The molecule has 1 unspecified atom stereocenters. The highest BCUT2D eigenvalue weighted by atomic mass is 35.5. The van der Waals surface area contributed by atoms with Crippen molar-refractivity contribution in [2.45, 2.75) is 31.4 Å². The largest absolute Gasteiger partial charge is 0.368 e. The third kappa shape index (κ3) is 3.92. The summed E-state index contributed by atoms with van der Waals surface area (Å²) >= 11 is 8.11. The van der Waals surface area contributed by atoms with E-state index in [-0.39, 0.29) is 0 Å². The Morgan fingerprint density at radius 1 is 1.50 bits per heavy atom.